The molecule has 14 heavy (non-hydrogen) atoms. The molecule has 0 saturated carbocycles. The molecule has 0 bridgehead atoms. The molecule has 0 N–H and O–H groups in total. The second-order valence-corrected chi connectivity index (χ2v) is 3.47. The van der Waals surface area contributed by atoms with Crippen LogP contribution in [0.3, 0.4) is 0 Å². The van der Waals surface area contributed by atoms with Crippen LogP contribution in [0.15, 0.2) is 30.3 Å². The SMILES string of the molecule is [CH]=CC(=O)CCCc1ccc(C)cc1. The summed E-state index contributed by atoms with van der Waals surface area (Å²) in [6, 6.07) is 8.39. The third-order valence-corrected chi connectivity index (χ3v) is 2.20. The third-order valence-electron chi connectivity index (χ3n) is 2.20. The fourth-order valence-electron chi connectivity index (χ4n) is 1.30. The van der Waals surface area contributed by atoms with Crippen molar-refractivity contribution in [1.29, 1.82) is 0 Å². The summed E-state index contributed by atoms with van der Waals surface area (Å²) in [6.45, 7) is 7.16. The molecule has 0 aliphatic rings. The molecule has 0 spiro atoms. The molecule has 0 aliphatic heterocycles. The van der Waals surface area contributed by atoms with Crippen LogP contribution in [0.25, 0.3) is 0 Å². The maximum absolute atomic E-state index is 10.9. The monoisotopic (exact) mass is 187 g/mol. The van der Waals surface area contributed by atoms with Gasteiger partial charge in [-0.15, -0.1) is 0 Å². The van der Waals surface area contributed by atoms with Gasteiger partial charge < -0.3 is 0 Å². The number of aryl methyl sites for hydroxylation is 2. The van der Waals surface area contributed by atoms with E-state index < -0.39 is 0 Å². The second-order valence-electron chi connectivity index (χ2n) is 3.47. The molecule has 0 aliphatic carbocycles. The molecule has 1 radical (unpaired) electrons. The number of ketones is 1. The minimum atomic E-state index is 0.0251. The van der Waals surface area contributed by atoms with E-state index in [9.17, 15) is 4.79 Å². The van der Waals surface area contributed by atoms with Gasteiger partial charge in [-0.3, -0.25) is 4.79 Å². The van der Waals surface area contributed by atoms with Gasteiger partial charge in [0.05, 0.1) is 0 Å². The summed E-state index contributed by atoms with van der Waals surface area (Å²) in [7, 11) is 0. The summed E-state index contributed by atoms with van der Waals surface area (Å²) in [4.78, 5) is 10.9. The summed E-state index contributed by atoms with van der Waals surface area (Å²) in [5, 5.41) is 0. The fourth-order valence-corrected chi connectivity index (χ4v) is 1.30. The number of hydrogen-bond donors (Lipinski definition) is 0. The molecule has 0 saturated heterocycles. The van der Waals surface area contributed by atoms with Crippen molar-refractivity contribution >= 4 is 5.78 Å². The van der Waals surface area contributed by atoms with Crippen molar-refractivity contribution in [2.24, 2.45) is 0 Å². The minimum absolute atomic E-state index is 0.0251. The van der Waals surface area contributed by atoms with Crippen molar-refractivity contribution in [1.82, 2.24) is 0 Å². The van der Waals surface area contributed by atoms with Gasteiger partial charge in [-0.2, -0.15) is 0 Å². The Hall–Kier alpha value is -1.37. The molecule has 1 aromatic carbocycles. The summed E-state index contributed by atoms with van der Waals surface area (Å²) >= 11 is 0. The van der Waals surface area contributed by atoms with Crippen molar-refractivity contribution < 1.29 is 4.79 Å². The maximum atomic E-state index is 10.9. The van der Waals surface area contributed by atoms with Gasteiger partial charge in [0, 0.05) is 6.42 Å². The van der Waals surface area contributed by atoms with E-state index in [1.165, 1.54) is 11.1 Å². The molecule has 1 aromatic rings. The van der Waals surface area contributed by atoms with Crippen LogP contribution in [-0.4, -0.2) is 5.78 Å². The molecular formula is C13H15O. The highest BCUT2D eigenvalue weighted by molar-refractivity contribution is 5.88. The first-order valence-corrected chi connectivity index (χ1v) is 4.85. The van der Waals surface area contributed by atoms with E-state index in [0.717, 1.165) is 18.9 Å². The smallest absolute Gasteiger partial charge is 0.155 e. The molecule has 1 rings (SSSR count). The average Bonchev–Trinajstić information content (AvgIpc) is 2.21. The summed E-state index contributed by atoms with van der Waals surface area (Å²) in [5.41, 5.74) is 2.54. The Balaban J connectivity index is 2.35. The van der Waals surface area contributed by atoms with Gasteiger partial charge in [-0.05, 0) is 31.4 Å². The van der Waals surface area contributed by atoms with Crippen LogP contribution >= 0.6 is 0 Å². The summed E-state index contributed by atoms with van der Waals surface area (Å²) in [6.07, 6.45) is 3.51. The molecule has 0 fully saturated rings. The summed E-state index contributed by atoms with van der Waals surface area (Å²) in [5.74, 6) is 0.0251. The van der Waals surface area contributed by atoms with Gasteiger partial charge in [0.1, 0.15) is 0 Å². The Morgan fingerprint density at radius 2 is 2.00 bits per heavy atom. The molecule has 1 nitrogen and oxygen atoms in total. The lowest BCUT2D eigenvalue weighted by Crippen LogP contribution is -1.93. The normalized spacial score (nSPS) is 9.79. The van der Waals surface area contributed by atoms with Crippen molar-refractivity contribution in [3.63, 3.8) is 0 Å². The highest BCUT2D eigenvalue weighted by Gasteiger charge is 1.97. The molecule has 0 aromatic heterocycles. The lowest BCUT2D eigenvalue weighted by Gasteiger charge is -2.00. The minimum Gasteiger partial charge on any atom is -0.295 e. The lowest BCUT2D eigenvalue weighted by atomic mass is 10.1. The van der Waals surface area contributed by atoms with E-state index in [1.54, 1.807) is 0 Å². The highest BCUT2D eigenvalue weighted by atomic mass is 16.1. The van der Waals surface area contributed by atoms with Gasteiger partial charge in [0.25, 0.3) is 0 Å². The number of benzene rings is 1. The van der Waals surface area contributed by atoms with Crippen LogP contribution in [-0.2, 0) is 11.2 Å². The molecule has 1 heteroatoms. The molecule has 0 unspecified atom stereocenters. The van der Waals surface area contributed by atoms with Crippen molar-refractivity contribution in [3.8, 4) is 0 Å². The topological polar surface area (TPSA) is 17.1 Å². The predicted molar refractivity (Wildman–Crippen MR) is 58.0 cm³/mol. The van der Waals surface area contributed by atoms with Crippen LogP contribution in [0.4, 0.5) is 0 Å². The van der Waals surface area contributed by atoms with Crippen molar-refractivity contribution in [3.05, 3.63) is 48.0 Å². The number of rotatable bonds is 5. The average molecular weight is 187 g/mol. The third kappa shape index (κ3) is 3.56. The van der Waals surface area contributed by atoms with E-state index in [-0.39, 0.29) is 5.78 Å². The van der Waals surface area contributed by atoms with Gasteiger partial charge in [-0.25, -0.2) is 0 Å². The second kappa shape index (κ2) is 5.38. The largest absolute Gasteiger partial charge is 0.295 e. The van der Waals surface area contributed by atoms with Gasteiger partial charge >= 0.3 is 0 Å². The number of carbonyl (C=O) groups is 1. The molecule has 0 amide bonds. The number of allylic oxidation sites excluding steroid dienone is 1. The first-order chi connectivity index (χ1) is 6.72. The first-order valence-electron chi connectivity index (χ1n) is 4.85. The van der Waals surface area contributed by atoms with E-state index in [2.05, 4.69) is 31.2 Å². The van der Waals surface area contributed by atoms with E-state index in [0.29, 0.717) is 6.42 Å². The summed E-state index contributed by atoms with van der Waals surface area (Å²) < 4.78 is 0. The van der Waals surface area contributed by atoms with E-state index >= 15 is 0 Å². The molecule has 0 atom stereocenters. The van der Waals surface area contributed by atoms with Crippen LogP contribution in [0, 0.1) is 13.5 Å². The lowest BCUT2D eigenvalue weighted by molar-refractivity contribution is -0.114. The van der Waals surface area contributed by atoms with Crippen LogP contribution in [0.1, 0.15) is 24.0 Å². The van der Waals surface area contributed by atoms with Crippen LogP contribution < -0.4 is 0 Å². The predicted octanol–water partition coefficient (Wildman–Crippen LogP) is 2.88. The quantitative estimate of drug-likeness (QED) is 0.648. The Morgan fingerprint density at radius 1 is 1.36 bits per heavy atom. The first kappa shape index (κ1) is 10.7. The Bertz CT molecular complexity index is 309. The van der Waals surface area contributed by atoms with Crippen molar-refractivity contribution in [2.45, 2.75) is 26.2 Å². The van der Waals surface area contributed by atoms with E-state index in [1.807, 2.05) is 0 Å². The zero-order chi connectivity index (χ0) is 10.4. The van der Waals surface area contributed by atoms with Gasteiger partial charge in [0.2, 0.25) is 0 Å². The van der Waals surface area contributed by atoms with Crippen molar-refractivity contribution in [2.75, 3.05) is 0 Å². The van der Waals surface area contributed by atoms with Gasteiger partial charge in [-0.1, -0.05) is 36.4 Å². The highest BCUT2D eigenvalue weighted by Crippen LogP contribution is 2.07. The number of carbonyl (C=O) groups excluding carboxylic acids is 1. The molecule has 73 valence electrons. The fraction of sp³-hybridized carbons (Fsp3) is 0.308. The maximum Gasteiger partial charge on any atom is 0.155 e. The van der Waals surface area contributed by atoms with Crippen LogP contribution in [0.2, 0.25) is 0 Å². The number of hydrogen-bond acceptors (Lipinski definition) is 1. The zero-order valence-electron chi connectivity index (χ0n) is 8.49. The Morgan fingerprint density at radius 3 is 2.57 bits per heavy atom. The van der Waals surface area contributed by atoms with Gasteiger partial charge in [0.15, 0.2) is 5.78 Å². The molecule has 0 heterocycles. The Labute approximate surface area is 85.5 Å². The standard InChI is InChI=1S/C13H15O/c1-3-13(14)6-4-5-12-9-7-11(2)8-10-12/h1,3,7-10H,4-6H2,2H3. The molecular weight excluding hydrogens is 172 g/mol. The Kier molecular flexibility index (Phi) is 4.11. The zero-order valence-corrected chi connectivity index (χ0v) is 8.49. The van der Waals surface area contributed by atoms with E-state index in [4.69, 9.17) is 6.58 Å². The van der Waals surface area contributed by atoms with Crippen LogP contribution in [0.5, 0.6) is 0 Å².